The lowest BCUT2D eigenvalue weighted by atomic mass is 10.0. The standard InChI is InChI=1S/C14H10F2O2/c15-14(16)18-13-7-5-12(6-8-13)11-3-1-10(9-17)2-4-11/h1-9,14H. The number of rotatable bonds is 4. The summed E-state index contributed by atoms with van der Waals surface area (Å²) in [6.45, 7) is -2.82. The van der Waals surface area contributed by atoms with Gasteiger partial charge in [-0.15, -0.1) is 0 Å². The van der Waals surface area contributed by atoms with E-state index in [4.69, 9.17) is 0 Å². The van der Waals surface area contributed by atoms with Crippen LogP contribution in [0, 0.1) is 0 Å². The second kappa shape index (κ2) is 5.40. The molecule has 0 saturated heterocycles. The smallest absolute Gasteiger partial charge is 0.387 e. The third kappa shape index (κ3) is 2.91. The summed E-state index contributed by atoms with van der Waals surface area (Å²) < 4.78 is 28.2. The number of ether oxygens (including phenoxy) is 1. The maximum absolute atomic E-state index is 12.0. The van der Waals surface area contributed by atoms with Gasteiger partial charge in [-0.1, -0.05) is 36.4 Å². The van der Waals surface area contributed by atoms with Gasteiger partial charge in [0.1, 0.15) is 12.0 Å². The van der Waals surface area contributed by atoms with E-state index in [0.29, 0.717) is 5.56 Å². The SMILES string of the molecule is O=Cc1ccc(-c2ccc(OC(F)F)cc2)cc1. The van der Waals surface area contributed by atoms with Crippen molar-refractivity contribution in [1.29, 1.82) is 0 Å². The van der Waals surface area contributed by atoms with Crippen LogP contribution in [-0.2, 0) is 0 Å². The highest BCUT2D eigenvalue weighted by atomic mass is 19.3. The Kier molecular flexibility index (Phi) is 3.67. The molecule has 0 spiro atoms. The van der Waals surface area contributed by atoms with Gasteiger partial charge in [0.05, 0.1) is 0 Å². The van der Waals surface area contributed by atoms with Crippen LogP contribution in [0.1, 0.15) is 10.4 Å². The third-order valence-corrected chi connectivity index (χ3v) is 2.46. The largest absolute Gasteiger partial charge is 0.435 e. The first-order chi connectivity index (χ1) is 8.69. The average molecular weight is 248 g/mol. The number of benzene rings is 2. The fraction of sp³-hybridized carbons (Fsp3) is 0.0714. The van der Waals surface area contributed by atoms with Crippen molar-refractivity contribution in [2.45, 2.75) is 6.61 Å². The molecule has 0 aliphatic carbocycles. The monoisotopic (exact) mass is 248 g/mol. The third-order valence-electron chi connectivity index (χ3n) is 2.46. The average Bonchev–Trinajstić information content (AvgIpc) is 2.39. The van der Waals surface area contributed by atoms with Gasteiger partial charge >= 0.3 is 6.61 Å². The van der Waals surface area contributed by atoms with Crippen molar-refractivity contribution in [3.05, 3.63) is 54.1 Å². The van der Waals surface area contributed by atoms with Crippen LogP contribution in [0.15, 0.2) is 48.5 Å². The molecule has 0 aromatic heterocycles. The zero-order valence-electron chi connectivity index (χ0n) is 9.35. The lowest BCUT2D eigenvalue weighted by Crippen LogP contribution is -2.01. The van der Waals surface area contributed by atoms with Crippen molar-refractivity contribution in [2.24, 2.45) is 0 Å². The minimum atomic E-state index is -2.82. The number of carbonyl (C=O) groups excluding carboxylic acids is 1. The zero-order valence-corrected chi connectivity index (χ0v) is 9.35. The van der Waals surface area contributed by atoms with Gasteiger partial charge in [-0.25, -0.2) is 0 Å². The van der Waals surface area contributed by atoms with Gasteiger partial charge in [0.25, 0.3) is 0 Å². The van der Waals surface area contributed by atoms with Gasteiger partial charge in [-0.05, 0) is 23.3 Å². The van der Waals surface area contributed by atoms with Crippen LogP contribution in [0.2, 0.25) is 0 Å². The van der Waals surface area contributed by atoms with Crippen LogP contribution < -0.4 is 4.74 Å². The Hall–Kier alpha value is -2.23. The Morgan fingerprint density at radius 1 is 0.889 bits per heavy atom. The van der Waals surface area contributed by atoms with Crippen LogP contribution in [0.5, 0.6) is 5.75 Å². The Labute approximate surface area is 103 Å². The molecule has 0 fully saturated rings. The van der Waals surface area contributed by atoms with Gasteiger partial charge in [-0.2, -0.15) is 8.78 Å². The Morgan fingerprint density at radius 2 is 1.39 bits per heavy atom. The van der Waals surface area contributed by atoms with Crippen LogP contribution >= 0.6 is 0 Å². The van der Waals surface area contributed by atoms with Crippen LogP contribution in [0.3, 0.4) is 0 Å². The predicted molar refractivity (Wildman–Crippen MR) is 63.9 cm³/mol. The minimum Gasteiger partial charge on any atom is -0.435 e. The maximum atomic E-state index is 12.0. The van der Waals surface area contributed by atoms with E-state index in [9.17, 15) is 13.6 Å². The molecule has 2 nitrogen and oxygen atoms in total. The molecule has 2 aromatic carbocycles. The number of aldehydes is 1. The second-order valence-electron chi connectivity index (χ2n) is 3.64. The molecule has 18 heavy (non-hydrogen) atoms. The number of hydrogen-bond acceptors (Lipinski definition) is 2. The van der Waals surface area contributed by atoms with Gasteiger partial charge in [-0.3, -0.25) is 4.79 Å². The fourth-order valence-corrected chi connectivity index (χ4v) is 1.58. The first kappa shape index (κ1) is 12.2. The summed E-state index contributed by atoms with van der Waals surface area (Å²) in [5.41, 5.74) is 2.37. The van der Waals surface area contributed by atoms with Crippen molar-refractivity contribution in [1.82, 2.24) is 0 Å². The molecule has 0 bridgehead atoms. The normalized spacial score (nSPS) is 10.4. The van der Waals surface area contributed by atoms with E-state index in [2.05, 4.69) is 4.74 Å². The summed E-state index contributed by atoms with van der Waals surface area (Å²) in [6.07, 6.45) is 0.767. The molecule has 92 valence electrons. The van der Waals surface area contributed by atoms with E-state index in [0.717, 1.165) is 17.4 Å². The summed E-state index contributed by atoms with van der Waals surface area (Å²) >= 11 is 0. The fourth-order valence-electron chi connectivity index (χ4n) is 1.58. The molecule has 0 atom stereocenters. The van der Waals surface area contributed by atoms with E-state index in [1.807, 2.05) is 0 Å². The molecule has 2 rings (SSSR count). The molecule has 0 N–H and O–H groups in total. The first-order valence-corrected chi connectivity index (χ1v) is 5.29. The van der Waals surface area contributed by atoms with E-state index >= 15 is 0 Å². The van der Waals surface area contributed by atoms with Crippen molar-refractivity contribution in [2.75, 3.05) is 0 Å². The Morgan fingerprint density at radius 3 is 1.83 bits per heavy atom. The summed E-state index contributed by atoms with van der Waals surface area (Å²) in [5, 5.41) is 0. The lowest BCUT2D eigenvalue weighted by Gasteiger charge is -2.06. The molecular formula is C14H10F2O2. The van der Waals surface area contributed by atoms with E-state index in [1.165, 1.54) is 12.1 Å². The number of halogens is 2. The maximum Gasteiger partial charge on any atom is 0.387 e. The molecule has 0 aliphatic heterocycles. The van der Waals surface area contributed by atoms with Gasteiger partial charge in [0, 0.05) is 5.56 Å². The second-order valence-corrected chi connectivity index (χ2v) is 3.64. The zero-order chi connectivity index (χ0) is 13.0. The quantitative estimate of drug-likeness (QED) is 0.770. The van der Waals surface area contributed by atoms with E-state index in [-0.39, 0.29) is 5.75 Å². The summed E-state index contributed by atoms with van der Waals surface area (Å²) in [6, 6.07) is 13.3. The predicted octanol–water partition coefficient (Wildman–Crippen LogP) is 3.77. The summed E-state index contributed by atoms with van der Waals surface area (Å²) in [5.74, 6) is 0.123. The van der Waals surface area contributed by atoms with Gasteiger partial charge in [0.15, 0.2) is 0 Å². The molecule has 4 heteroatoms. The highest BCUT2D eigenvalue weighted by Gasteiger charge is 2.04. The highest BCUT2D eigenvalue weighted by molar-refractivity contribution is 5.76. The molecule has 2 aromatic rings. The molecule has 0 heterocycles. The van der Waals surface area contributed by atoms with Crippen LogP contribution in [0.25, 0.3) is 11.1 Å². The molecule has 0 saturated carbocycles. The molecule has 0 aliphatic rings. The molecular weight excluding hydrogens is 238 g/mol. The number of hydrogen-bond donors (Lipinski definition) is 0. The van der Waals surface area contributed by atoms with Crippen molar-refractivity contribution in [3.8, 4) is 16.9 Å². The van der Waals surface area contributed by atoms with Crippen LogP contribution in [-0.4, -0.2) is 12.9 Å². The van der Waals surface area contributed by atoms with E-state index < -0.39 is 6.61 Å². The van der Waals surface area contributed by atoms with Gasteiger partial charge in [0.2, 0.25) is 0 Å². The number of carbonyl (C=O) groups is 1. The highest BCUT2D eigenvalue weighted by Crippen LogP contribution is 2.23. The Bertz CT molecular complexity index is 518. The first-order valence-electron chi connectivity index (χ1n) is 5.29. The minimum absolute atomic E-state index is 0.123. The topological polar surface area (TPSA) is 26.3 Å². The number of alkyl halides is 2. The molecule has 0 unspecified atom stereocenters. The summed E-state index contributed by atoms with van der Waals surface area (Å²) in [4.78, 5) is 10.5. The molecule has 0 amide bonds. The van der Waals surface area contributed by atoms with E-state index in [1.54, 1.807) is 36.4 Å². The van der Waals surface area contributed by atoms with Crippen molar-refractivity contribution >= 4 is 6.29 Å². The van der Waals surface area contributed by atoms with Crippen LogP contribution in [0.4, 0.5) is 8.78 Å². The lowest BCUT2D eigenvalue weighted by molar-refractivity contribution is -0.0498. The molecule has 0 radical (unpaired) electrons. The Balaban J connectivity index is 2.20. The van der Waals surface area contributed by atoms with Gasteiger partial charge < -0.3 is 4.74 Å². The van der Waals surface area contributed by atoms with Crippen molar-refractivity contribution in [3.63, 3.8) is 0 Å². The summed E-state index contributed by atoms with van der Waals surface area (Å²) in [7, 11) is 0. The van der Waals surface area contributed by atoms with Crippen molar-refractivity contribution < 1.29 is 18.3 Å².